The van der Waals surface area contributed by atoms with E-state index in [2.05, 4.69) is 0 Å². The van der Waals surface area contributed by atoms with Crippen molar-refractivity contribution in [2.45, 2.75) is 124 Å². The van der Waals surface area contributed by atoms with E-state index in [4.69, 9.17) is 0 Å². The predicted molar refractivity (Wildman–Crippen MR) is 273 cm³/mol. The second-order valence-electron chi connectivity index (χ2n) is 19.1. The number of benzene rings is 2. The van der Waals surface area contributed by atoms with E-state index in [1.165, 1.54) is 71.4 Å². The van der Waals surface area contributed by atoms with Crippen molar-refractivity contribution in [3.63, 3.8) is 0 Å². The molecule has 0 saturated carbocycles. The highest BCUT2D eigenvalue weighted by Gasteiger charge is 2.35. The van der Waals surface area contributed by atoms with E-state index in [9.17, 15) is 79.8 Å². The van der Waals surface area contributed by atoms with Crippen LogP contribution in [0.1, 0.15) is 121 Å². The van der Waals surface area contributed by atoms with Gasteiger partial charge in [0.1, 0.15) is 0 Å². The smallest absolute Gasteiger partial charge is 0.254 e. The molecule has 6 unspecified atom stereocenters. The lowest BCUT2D eigenvalue weighted by Gasteiger charge is -2.33. The molecule has 0 fully saturated rings. The standard InChI is InChI=1S/C51H82N6O16/c1-13-41-45(51(73)55(12)21-40(69)27-61)29(3)44(50(72)54(11)20-39(68)26-60)32(6)47(41)57(34(8)63)23-36(65)17-15-14-16-35(64)22-56(33(7)62)46-30(4)42(48(70)52(9)18-37(66)24-58)28(2)43(31(46)5)49(71)53(10)19-38(67)25-59/h35-40,58-61,64-69H,13-27H2,1-12H3. The number of amides is 6. The van der Waals surface area contributed by atoms with Gasteiger partial charge in [0.05, 0.1) is 87.5 Å². The van der Waals surface area contributed by atoms with Crippen molar-refractivity contribution in [2.75, 3.05) is 104 Å². The number of rotatable bonds is 28. The zero-order valence-electron chi connectivity index (χ0n) is 44.7. The van der Waals surface area contributed by atoms with E-state index in [1.54, 1.807) is 41.5 Å². The minimum atomic E-state index is -1.27. The van der Waals surface area contributed by atoms with Crippen LogP contribution in [0.15, 0.2) is 0 Å². The van der Waals surface area contributed by atoms with Crippen LogP contribution in [0.25, 0.3) is 0 Å². The Bertz CT molecular complexity index is 2200. The number of aliphatic hydroxyl groups is 10. The van der Waals surface area contributed by atoms with Gasteiger partial charge in [0.15, 0.2) is 0 Å². The van der Waals surface area contributed by atoms with Gasteiger partial charge in [-0.25, -0.2) is 0 Å². The zero-order chi connectivity index (χ0) is 55.9. The van der Waals surface area contributed by atoms with Gasteiger partial charge < -0.3 is 80.5 Å². The van der Waals surface area contributed by atoms with Gasteiger partial charge in [-0.05, 0) is 87.3 Å². The first-order valence-corrected chi connectivity index (χ1v) is 24.5. The Morgan fingerprint density at radius 2 is 0.658 bits per heavy atom. The molecule has 22 heteroatoms. The summed E-state index contributed by atoms with van der Waals surface area (Å²) in [5.74, 6) is -3.54. The first-order chi connectivity index (χ1) is 34.1. The topological polar surface area (TPSA) is 324 Å². The monoisotopic (exact) mass is 1030 g/mol. The van der Waals surface area contributed by atoms with Crippen molar-refractivity contribution < 1.29 is 79.8 Å². The van der Waals surface area contributed by atoms with E-state index in [0.717, 1.165) is 0 Å². The van der Waals surface area contributed by atoms with Crippen LogP contribution in [0.5, 0.6) is 0 Å². The van der Waals surface area contributed by atoms with Crippen LogP contribution in [-0.2, 0) is 16.0 Å². The SMILES string of the molecule is CCc1c(C(=O)N(C)CC(O)CO)c(C)c(C(=O)N(C)CC(O)CO)c(C)c1N(CC(O)CCCCC(O)CN(C(C)=O)c1c(C)c(C(=O)N(C)CC(O)CO)c(C)c(C(=O)N(C)CC(O)CO)c1C)C(C)=O. The fourth-order valence-corrected chi connectivity index (χ4v) is 9.38. The average molecular weight is 1040 g/mol. The molecule has 0 aliphatic rings. The van der Waals surface area contributed by atoms with Crippen molar-refractivity contribution in [1.82, 2.24) is 19.6 Å². The maximum absolute atomic E-state index is 14.2. The molecule has 10 N–H and O–H groups in total. The number of aliphatic hydroxyl groups excluding tert-OH is 10. The molecule has 412 valence electrons. The lowest BCUT2D eigenvalue weighted by atomic mass is 9.87. The number of nitrogens with zero attached hydrogens (tertiary/aromatic N) is 6. The number of hydrogen-bond acceptors (Lipinski definition) is 16. The highest BCUT2D eigenvalue weighted by atomic mass is 16.3. The Morgan fingerprint density at radius 3 is 0.932 bits per heavy atom. The molecule has 0 bridgehead atoms. The molecule has 0 spiro atoms. The molecule has 0 aliphatic heterocycles. The number of carbonyl (C=O) groups excluding carboxylic acids is 6. The third-order valence-electron chi connectivity index (χ3n) is 13.1. The molecular formula is C51H82N6O16. The highest BCUT2D eigenvalue weighted by molar-refractivity contribution is 6.09. The molecule has 2 aromatic carbocycles. The normalized spacial score (nSPS) is 13.9. The molecule has 6 atom stereocenters. The lowest BCUT2D eigenvalue weighted by Crippen LogP contribution is -2.41. The van der Waals surface area contributed by atoms with Crippen molar-refractivity contribution >= 4 is 46.8 Å². The molecular weight excluding hydrogens is 953 g/mol. The van der Waals surface area contributed by atoms with Crippen LogP contribution in [0, 0.1) is 34.6 Å². The zero-order valence-corrected chi connectivity index (χ0v) is 44.7. The van der Waals surface area contributed by atoms with E-state index >= 15 is 0 Å². The second kappa shape index (κ2) is 29.1. The summed E-state index contributed by atoms with van der Waals surface area (Å²) in [7, 11) is 5.63. The van der Waals surface area contributed by atoms with Crippen LogP contribution >= 0.6 is 0 Å². The molecule has 22 nitrogen and oxygen atoms in total. The molecule has 73 heavy (non-hydrogen) atoms. The second-order valence-corrected chi connectivity index (χ2v) is 19.1. The van der Waals surface area contributed by atoms with Crippen molar-refractivity contribution in [1.29, 1.82) is 0 Å². The van der Waals surface area contributed by atoms with Gasteiger partial charge in [0.2, 0.25) is 11.8 Å². The van der Waals surface area contributed by atoms with Crippen molar-refractivity contribution in [3.8, 4) is 0 Å². The summed E-state index contributed by atoms with van der Waals surface area (Å²) in [5.41, 5.74) is 2.36. The minimum Gasteiger partial charge on any atom is -0.394 e. The molecule has 0 saturated heterocycles. The third kappa shape index (κ3) is 16.2. The Hall–Kier alpha value is -5.14. The summed E-state index contributed by atoms with van der Waals surface area (Å²) >= 11 is 0. The molecule has 2 rings (SSSR count). The van der Waals surface area contributed by atoms with Crippen molar-refractivity contribution in [3.05, 3.63) is 55.6 Å². The Kier molecular flexibility index (Phi) is 25.5. The van der Waals surface area contributed by atoms with Crippen LogP contribution in [0.2, 0.25) is 0 Å². The third-order valence-corrected chi connectivity index (χ3v) is 13.1. The van der Waals surface area contributed by atoms with Crippen LogP contribution in [0.4, 0.5) is 11.4 Å². The molecule has 2 aromatic rings. The van der Waals surface area contributed by atoms with Gasteiger partial charge in [-0.2, -0.15) is 0 Å². The van der Waals surface area contributed by atoms with Gasteiger partial charge >= 0.3 is 0 Å². The molecule has 6 amide bonds. The van der Waals surface area contributed by atoms with Crippen LogP contribution < -0.4 is 9.80 Å². The molecule has 0 heterocycles. The summed E-state index contributed by atoms with van der Waals surface area (Å²) in [5, 5.41) is 102. The largest absolute Gasteiger partial charge is 0.394 e. The summed E-state index contributed by atoms with van der Waals surface area (Å²) in [6, 6.07) is 0. The van der Waals surface area contributed by atoms with Gasteiger partial charge in [-0.15, -0.1) is 0 Å². The van der Waals surface area contributed by atoms with E-state index in [1.807, 2.05) is 0 Å². The fourth-order valence-electron chi connectivity index (χ4n) is 9.38. The lowest BCUT2D eigenvalue weighted by molar-refractivity contribution is -0.117. The van der Waals surface area contributed by atoms with Gasteiger partial charge in [0.25, 0.3) is 23.6 Å². The Balaban J connectivity index is 2.56. The Labute approximate surface area is 428 Å². The summed E-state index contributed by atoms with van der Waals surface area (Å²) < 4.78 is 0. The number of anilines is 2. The van der Waals surface area contributed by atoms with Gasteiger partial charge in [-0.3, -0.25) is 28.8 Å². The fraction of sp³-hybridized carbons (Fsp3) is 0.647. The average Bonchev–Trinajstić information content (AvgIpc) is 3.33. The maximum Gasteiger partial charge on any atom is 0.254 e. The van der Waals surface area contributed by atoms with Gasteiger partial charge in [0, 0.05) is 90.5 Å². The van der Waals surface area contributed by atoms with E-state index in [0.29, 0.717) is 35.1 Å². The minimum absolute atomic E-state index is 0.0370. The molecule has 0 aliphatic carbocycles. The highest BCUT2D eigenvalue weighted by Crippen LogP contribution is 2.38. The summed E-state index contributed by atoms with van der Waals surface area (Å²) in [4.78, 5) is 90.8. The summed E-state index contributed by atoms with van der Waals surface area (Å²) in [6.07, 6.45) is -6.36. The quantitative estimate of drug-likeness (QED) is 0.0466. The number of likely N-dealkylation sites (N-methyl/N-ethyl adjacent to an activating group) is 4. The van der Waals surface area contributed by atoms with Crippen LogP contribution in [-0.4, -0.2) is 237 Å². The first kappa shape index (κ1) is 64.0. The molecule has 0 aromatic heterocycles. The Morgan fingerprint density at radius 1 is 0.397 bits per heavy atom. The van der Waals surface area contributed by atoms with E-state index in [-0.39, 0.29) is 103 Å². The number of hydrogen-bond donors (Lipinski definition) is 10. The predicted octanol–water partition coefficient (Wildman–Crippen LogP) is -0.820. The number of carbonyl (C=O) groups is 6. The molecule has 0 radical (unpaired) electrons. The van der Waals surface area contributed by atoms with Gasteiger partial charge in [-0.1, -0.05) is 19.8 Å². The maximum atomic E-state index is 14.2. The van der Waals surface area contributed by atoms with E-state index < -0.39 is 98.5 Å². The van der Waals surface area contributed by atoms with Crippen molar-refractivity contribution in [2.24, 2.45) is 0 Å². The van der Waals surface area contributed by atoms with Crippen LogP contribution in [0.3, 0.4) is 0 Å². The summed E-state index contributed by atoms with van der Waals surface area (Å²) in [6.45, 7) is 8.11. The number of unbranched alkanes of at least 4 members (excludes halogenated alkanes) is 1. The first-order valence-electron chi connectivity index (χ1n) is 24.5.